The van der Waals surface area contributed by atoms with Gasteiger partial charge in [-0.3, -0.25) is 14.8 Å². The summed E-state index contributed by atoms with van der Waals surface area (Å²) in [5.41, 5.74) is 9.05. The van der Waals surface area contributed by atoms with Crippen molar-refractivity contribution in [2.24, 2.45) is 0 Å². The van der Waals surface area contributed by atoms with Crippen LogP contribution in [0.4, 0.5) is 16.2 Å². The molecule has 0 bridgehead atoms. The molecule has 2 saturated heterocycles. The highest BCUT2D eigenvalue weighted by molar-refractivity contribution is 6.33. The lowest BCUT2D eigenvalue weighted by Gasteiger charge is -2.38. The topological polar surface area (TPSA) is 145 Å². The minimum atomic E-state index is -0.861. The highest BCUT2D eigenvalue weighted by Crippen LogP contribution is 2.26. The van der Waals surface area contributed by atoms with E-state index in [1.165, 1.54) is 4.68 Å². The molecule has 2 aromatic heterocycles. The van der Waals surface area contributed by atoms with Gasteiger partial charge in [-0.15, -0.1) is 11.5 Å². The van der Waals surface area contributed by atoms with Crippen molar-refractivity contribution in [2.75, 3.05) is 49.9 Å². The summed E-state index contributed by atoms with van der Waals surface area (Å²) >= 11 is 6.37. The second kappa shape index (κ2) is 14.0. The first-order valence-corrected chi connectivity index (χ1v) is 16.0. The summed E-state index contributed by atoms with van der Waals surface area (Å²) in [7, 11) is 0. The number of piperazine rings is 1. The Labute approximate surface area is 277 Å². The third kappa shape index (κ3) is 7.10. The Hall–Kier alpha value is -5.28. The summed E-state index contributed by atoms with van der Waals surface area (Å²) in [6.45, 7) is 3.10. The first-order chi connectivity index (χ1) is 22.8. The monoisotopic (exact) mass is 653 g/mol. The van der Waals surface area contributed by atoms with Crippen molar-refractivity contribution >= 4 is 34.9 Å². The smallest absolute Gasteiger partial charge is 0.343 e. The number of nitrogen functional groups attached to an aromatic ring is 1. The second-order valence-electron chi connectivity index (χ2n) is 11.7. The molecule has 1 atom stereocenters. The number of amides is 3. The van der Waals surface area contributed by atoms with Gasteiger partial charge in [0.25, 0.3) is 0 Å². The minimum Gasteiger partial charge on any atom is -0.397 e. The number of H-pyrrole nitrogens is 1. The number of aromatic amines is 1. The molecule has 6 rings (SSSR count). The number of anilines is 2. The lowest BCUT2D eigenvalue weighted by atomic mass is 10.0. The molecule has 13 heteroatoms. The van der Waals surface area contributed by atoms with Gasteiger partial charge in [0.2, 0.25) is 5.91 Å². The van der Waals surface area contributed by atoms with E-state index in [0.717, 1.165) is 11.3 Å². The van der Waals surface area contributed by atoms with Crippen molar-refractivity contribution in [3.63, 3.8) is 0 Å². The van der Waals surface area contributed by atoms with E-state index >= 15 is 0 Å². The lowest BCUT2D eigenvalue weighted by Crippen LogP contribution is -2.57. The quantitative estimate of drug-likeness (QED) is 0.205. The third-order valence-corrected chi connectivity index (χ3v) is 9.10. The molecule has 4 aromatic rings. The number of nitrogens with two attached hydrogens (primary N) is 1. The Kier molecular flexibility index (Phi) is 9.45. The molecule has 0 spiro atoms. The normalized spacial score (nSPS) is 16.0. The number of carbonyl (C=O) groups is 2. The van der Waals surface area contributed by atoms with E-state index in [2.05, 4.69) is 31.2 Å². The second-order valence-corrected chi connectivity index (χ2v) is 12.1. The van der Waals surface area contributed by atoms with Gasteiger partial charge in [0.1, 0.15) is 6.04 Å². The number of likely N-dealkylation sites (tertiary alicyclic amines) is 1. The van der Waals surface area contributed by atoms with Gasteiger partial charge in [0, 0.05) is 74.9 Å². The molecule has 2 fully saturated rings. The first kappa shape index (κ1) is 31.7. The van der Waals surface area contributed by atoms with E-state index in [4.69, 9.17) is 23.8 Å². The average molecular weight is 654 g/mol. The number of nitrogens with one attached hydrogen (secondary N) is 2. The Morgan fingerprint density at radius 2 is 1.72 bits per heavy atom. The Bertz CT molecular complexity index is 1820. The van der Waals surface area contributed by atoms with Crippen molar-refractivity contribution in [2.45, 2.75) is 31.3 Å². The van der Waals surface area contributed by atoms with Gasteiger partial charge in [-0.05, 0) is 42.7 Å². The van der Waals surface area contributed by atoms with Gasteiger partial charge < -0.3 is 25.8 Å². The van der Waals surface area contributed by atoms with Crippen LogP contribution in [0.5, 0.6) is 0 Å². The first-order valence-electron chi connectivity index (χ1n) is 15.6. The number of aromatic nitrogens is 4. The van der Waals surface area contributed by atoms with Crippen LogP contribution < -0.4 is 21.6 Å². The van der Waals surface area contributed by atoms with Crippen LogP contribution >= 0.6 is 11.6 Å². The van der Waals surface area contributed by atoms with Crippen LogP contribution in [0.1, 0.15) is 30.0 Å². The van der Waals surface area contributed by atoms with E-state index in [9.17, 15) is 14.4 Å². The van der Waals surface area contributed by atoms with Crippen LogP contribution in [0.2, 0.25) is 5.02 Å². The molecule has 47 heavy (non-hydrogen) atoms. The van der Waals surface area contributed by atoms with Gasteiger partial charge >= 0.3 is 11.7 Å². The fraction of sp³-hybridized carbons (Fsp3) is 0.324. The number of urea groups is 1. The van der Waals surface area contributed by atoms with Crippen molar-refractivity contribution in [1.29, 1.82) is 0 Å². The van der Waals surface area contributed by atoms with Crippen molar-refractivity contribution in [3.8, 4) is 23.7 Å². The number of piperidine rings is 1. The molecular weight excluding hydrogens is 618 g/mol. The fourth-order valence-corrected chi connectivity index (χ4v) is 6.41. The maximum atomic E-state index is 14.0. The van der Waals surface area contributed by atoms with Crippen LogP contribution in [0.3, 0.4) is 0 Å². The zero-order valence-corrected chi connectivity index (χ0v) is 26.6. The lowest BCUT2D eigenvalue weighted by molar-refractivity contribution is -0.133. The van der Waals surface area contributed by atoms with Crippen LogP contribution in [-0.2, 0) is 11.2 Å². The predicted octanol–water partition coefficient (Wildman–Crippen LogP) is 3.16. The summed E-state index contributed by atoms with van der Waals surface area (Å²) in [6, 6.07) is 15.4. The van der Waals surface area contributed by atoms with E-state index in [1.54, 1.807) is 34.3 Å². The number of terminal acetylenes is 1. The average Bonchev–Trinajstić information content (AvgIpc) is 3.51. The fourth-order valence-electron chi connectivity index (χ4n) is 6.17. The molecule has 0 saturated carbocycles. The van der Waals surface area contributed by atoms with E-state index < -0.39 is 6.04 Å². The molecule has 242 valence electrons. The van der Waals surface area contributed by atoms with E-state index in [-0.39, 0.29) is 30.1 Å². The number of carbonyl (C=O) groups excluding carboxylic acids is 2. The molecule has 12 nitrogen and oxygen atoms in total. The Morgan fingerprint density at radius 1 is 1.02 bits per heavy atom. The van der Waals surface area contributed by atoms with Gasteiger partial charge in [-0.25, -0.2) is 14.3 Å². The molecule has 3 amide bonds. The Morgan fingerprint density at radius 3 is 2.40 bits per heavy atom. The summed E-state index contributed by atoms with van der Waals surface area (Å²) in [6.07, 6.45) is 10.4. The molecule has 0 aliphatic carbocycles. The number of rotatable bonds is 7. The summed E-state index contributed by atoms with van der Waals surface area (Å²) in [5, 5.41) is 7.83. The van der Waals surface area contributed by atoms with Gasteiger partial charge in [-0.2, -0.15) is 0 Å². The molecule has 0 radical (unpaired) electrons. The van der Waals surface area contributed by atoms with E-state index in [1.807, 2.05) is 42.5 Å². The SMILES string of the molecule is C#Cc1cc(C[C@@H](NC(=O)N2CCC(n3nc(-c4ccccc4)[nH]c3=O)CC2)C(=O)N2CCN(c3ccncc3)CC2)cc(Cl)c1N. The number of hydrogen-bond acceptors (Lipinski definition) is 7. The zero-order chi connectivity index (χ0) is 32.9. The molecule has 4 heterocycles. The van der Waals surface area contributed by atoms with Gasteiger partial charge in [-0.1, -0.05) is 47.9 Å². The zero-order valence-electron chi connectivity index (χ0n) is 25.8. The highest BCUT2D eigenvalue weighted by Gasteiger charge is 2.32. The van der Waals surface area contributed by atoms with Crippen molar-refractivity contribution < 1.29 is 9.59 Å². The number of benzene rings is 2. The van der Waals surface area contributed by atoms with Crippen LogP contribution in [-0.4, -0.2) is 86.8 Å². The summed E-state index contributed by atoms with van der Waals surface area (Å²) in [4.78, 5) is 52.9. The van der Waals surface area contributed by atoms with Gasteiger partial charge in [0.15, 0.2) is 5.82 Å². The minimum absolute atomic E-state index is 0.159. The standard InChI is InChI=1S/C34H36ClN9O3/c1-2-24-20-23(21-28(35)30(24)36)22-29(32(45)42-18-16-41(17-19-42)26-8-12-37-13-9-26)38-33(46)43-14-10-27(11-15-43)44-34(47)39-31(40-44)25-6-4-3-5-7-25/h1,3-9,12-13,20-21,27,29H,10-11,14-19,22,36H2,(H,38,46)(H,39,40,47)/t29-/m1/s1. The number of pyridine rings is 1. The highest BCUT2D eigenvalue weighted by atomic mass is 35.5. The number of halogens is 1. The molecule has 4 N–H and O–H groups in total. The third-order valence-electron chi connectivity index (χ3n) is 8.79. The molecule has 2 aliphatic heterocycles. The van der Waals surface area contributed by atoms with Crippen LogP contribution in [0, 0.1) is 12.3 Å². The molecule has 0 unspecified atom stereocenters. The summed E-state index contributed by atoms with van der Waals surface area (Å²) < 4.78 is 1.48. The Balaban J connectivity index is 1.14. The van der Waals surface area contributed by atoms with Crippen LogP contribution in [0.25, 0.3) is 11.4 Å². The molecule has 2 aliphatic rings. The summed E-state index contributed by atoms with van der Waals surface area (Å²) in [5.74, 6) is 2.87. The van der Waals surface area contributed by atoms with Crippen molar-refractivity contribution in [1.82, 2.24) is 34.9 Å². The molecular formula is C34H36ClN9O3. The van der Waals surface area contributed by atoms with Crippen LogP contribution in [0.15, 0.2) is 71.8 Å². The maximum Gasteiger partial charge on any atom is 0.343 e. The van der Waals surface area contributed by atoms with E-state index in [0.29, 0.717) is 79.8 Å². The molecule has 2 aromatic carbocycles. The predicted molar refractivity (Wildman–Crippen MR) is 181 cm³/mol. The van der Waals surface area contributed by atoms with Gasteiger partial charge in [0.05, 0.1) is 16.8 Å². The van der Waals surface area contributed by atoms with Crippen molar-refractivity contribution in [3.05, 3.63) is 93.6 Å². The number of nitrogens with zero attached hydrogens (tertiary/aromatic N) is 6. The maximum absolute atomic E-state index is 14.0. The number of hydrogen-bond donors (Lipinski definition) is 3. The largest absolute Gasteiger partial charge is 0.397 e.